The van der Waals surface area contributed by atoms with Crippen molar-refractivity contribution in [3.63, 3.8) is 0 Å². The highest BCUT2D eigenvalue weighted by molar-refractivity contribution is 6.30. The van der Waals surface area contributed by atoms with Crippen molar-refractivity contribution in [2.75, 3.05) is 13.7 Å². The first-order valence-corrected chi connectivity index (χ1v) is 9.52. The third-order valence-electron chi connectivity index (χ3n) is 4.39. The Morgan fingerprint density at radius 2 is 1.79 bits per heavy atom. The van der Waals surface area contributed by atoms with Gasteiger partial charge in [-0.2, -0.15) is 0 Å². The van der Waals surface area contributed by atoms with Crippen molar-refractivity contribution in [3.05, 3.63) is 94.5 Å². The average molecular weight is 398 g/mol. The minimum Gasteiger partial charge on any atom is -0.493 e. The number of methoxy groups -OCH3 is 1. The van der Waals surface area contributed by atoms with Crippen LogP contribution in [0.25, 0.3) is 0 Å². The monoisotopic (exact) mass is 397 g/mol. The van der Waals surface area contributed by atoms with E-state index in [9.17, 15) is 5.11 Å². The lowest BCUT2D eigenvalue weighted by molar-refractivity contribution is 0.174. The maximum atomic E-state index is 10.3. The molecule has 0 aliphatic rings. The van der Waals surface area contributed by atoms with Crippen LogP contribution in [0.1, 0.15) is 22.8 Å². The molecule has 4 nitrogen and oxygen atoms in total. The summed E-state index contributed by atoms with van der Waals surface area (Å²) in [6.07, 6.45) is -0.567. The first kappa shape index (κ1) is 20.2. The number of rotatable bonds is 9. The van der Waals surface area contributed by atoms with Crippen LogP contribution in [-0.4, -0.2) is 18.8 Å². The molecule has 0 radical (unpaired) electrons. The van der Waals surface area contributed by atoms with Crippen molar-refractivity contribution in [1.29, 1.82) is 0 Å². The van der Waals surface area contributed by atoms with Crippen LogP contribution in [0.3, 0.4) is 0 Å². The van der Waals surface area contributed by atoms with Crippen LogP contribution < -0.4 is 14.8 Å². The third kappa shape index (κ3) is 5.49. The van der Waals surface area contributed by atoms with Gasteiger partial charge in [0.25, 0.3) is 0 Å². The van der Waals surface area contributed by atoms with E-state index in [0.717, 1.165) is 16.7 Å². The molecule has 28 heavy (non-hydrogen) atoms. The highest BCUT2D eigenvalue weighted by Gasteiger charge is 2.12. The van der Waals surface area contributed by atoms with E-state index in [1.54, 1.807) is 7.11 Å². The predicted octanol–water partition coefficient (Wildman–Crippen LogP) is 4.75. The molecule has 0 unspecified atom stereocenters. The number of aliphatic hydroxyl groups is 1. The van der Waals surface area contributed by atoms with E-state index in [1.165, 1.54) is 0 Å². The first-order chi connectivity index (χ1) is 13.7. The lowest BCUT2D eigenvalue weighted by atomic mass is 10.1. The van der Waals surface area contributed by atoms with Crippen LogP contribution in [0.15, 0.2) is 72.8 Å². The standard InChI is InChI=1S/C23H24ClNO3/c1-27-22-12-6-10-19(14-25-15-21(26)18-8-3-2-4-9-18)23(22)28-16-17-7-5-11-20(24)13-17/h2-13,21,25-26H,14-16H2,1H3/t21-/m0/s1. The van der Waals surface area contributed by atoms with Crippen molar-refractivity contribution in [2.24, 2.45) is 0 Å². The van der Waals surface area contributed by atoms with Crippen LogP contribution in [0.4, 0.5) is 0 Å². The number of halogens is 1. The highest BCUT2D eigenvalue weighted by Crippen LogP contribution is 2.32. The van der Waals surface area contributed by atoms with E-state index in [2.05, 4.69) is 5.32 Å². The predicted molar refractivity (Wildman–Crippen MR) is 112 cm³/mol. The molecule has 0 bridgehead atoms. The number of hydrogen-bond donors (Lipinski definition) is 2. The molecule has 0 aliphatic carbocycles. The van der Waals surface area contributed by atoms with Gasteiger partial charge in [0, 0.05) is 23.7 Å². The quantitative estimate of drug-likeness (QED) is 0.547. The van der Waals surface area contributed by atoms with E-state index >= 15 is 0 Å². The first-order valence-electron chi connectivity index (χ1n) is 9.14. The second-order valence-corrected chi connectivity index (χ2v) is 6.86. The number of hydrogen-bond acceptors (Lipinski definition) is 4. The highest BCUT2D eigenvalue weighted by atomic mass is 35.5. The molecule has 0 aliphatic heterocycles. The van der Waals surface area contributed by atoms with Gasteiger partial charge in [-0.1, -0.05) is 66.2 Å². The minimum atomic E-state index is -0.567. The normalized spacial score (nSPS) is 11.8. The van der Waals surface area contributed by atoms with Crippen LogP contribution >= 0.6 is 11.6 Å². The Bertz CT molecular complexity index is 886. The van der Waals surface area contributed by atoms with Gasteiger partial charge in [-0.05, 0) is 29.3 Å². The van der Waals surface area contributed by atoms with Gasteiger partial charge in [-0.15, -0.1) is 0 Å². The molecule has 2 N–H and O–H groups in total. The summed E-state index contributed by atoms with van der Waals surface area (Å²) in [5.74, 6) is 1.36. The maximum Gasteiger partial charge on any atom is 0.166 e. The Labute approximate surface area is 170 Å². The largest absolute Gasteiger partial charge is 0.493 e. The van der Waals surface area contributed by atoms with E-state index < -0.39 is 6.10 Å². The molecule has 146 valence electrons. The number of benzene rings is 3. The molecule has 0 amide bonds. The summed E-state index contributed by atoms with van der Waals surface area (Å²) in [5, 5.41) is 14.3. The van der Waals surface area contributed by atoms with Gasteiger partial charge in [0.15, 0.2) is 11.5 Å². The molecule has 0 saturated carbocycles. The van der Waals surface area contributed by atoms with Crippen molar-refractivity contribution in [1.82, 2.24) is 5.32 Å². The Hall–Kier alpha value is -2.53. The Morgan fingerprint density at radius 1 is 1.00 bits per heavy atom. The summed E-state index contributed by atoms with van der Waals surface area (Å²) in [4.78, 5) is 0. The van der Waals surface area contributed by atoms with Crippen molar-refractivity contribution < 1.29 is 14.6 Å². The van der Waals surface area contributed by atoms with E-state index in [0.29, 0.717) is 36.2 Å². The maximum absolute atomic E-state index is 10.3. The van der Waals surface area contributed by atoms with Crippen molar-refractivity contribution in [2.45, 2.75) is 19.3 Å². The van der Waals surface area contributed by atoms with Crippen LogP contribution in [-0.2, 0) is 13.2 Å². The average Bonchev–Trinajstić information content (AvgIpc) is 2.73. The summed E-state index contributed by atoms with van der Waals surface area (Å²) in [6.45, 7) is 1.38. The van der Waals surface area contributed by atoms with Gasteiger partial charge in [0.1, 0.15) is 6.61 Å². The molecule has 0 saturated heterocycles. The molecule has 0 heterocycles. The summed E-state index contributed by atoms with van der Waals surface area (Å²) < 4.78 is 11.5. The van der Waals surface area contributed by atoms with Gasteiger partial charge in [0.05, 0.1) is 13.2 Å². The fourth-order valence-electron chi connectivity index (χ4n) is 2.94. The van der Waals surface area contributed by atoms with Crippen molar-refractivity contribution >= 4 is 11.6 Å². The van der Waals surface area contributed by atoms with Gasteiger partial charge >= 0.3 is 0 Å². The van der Waals surface area contributed by atoms with E-state index in [4.69, 9.17) is 21.1 Å². The fraction of sp³-hybridized carbons (Fsp3) is 0.217. The molecule has 5 heteroatoms. The lowest BCUT2D eigenvalue weighted by Gasteiger charge is -2.17. The Morgan fingerprint density at radius 3 is 2.54 bits per heavy atom. The molecule has 3 aromatic carbocycles. The van der Waals surface area contributed by atoms with Gasteiger partial charge in [-0.3, -0.25) is 0 Å². The van der Waals surface area contributed by atoms with E-state index in [1.807, 2.05) is 72.8 Å². The van der Waals surface area contributed by atoms with Gasteiger partial charge < -0.3 is 19.9 Å². The second kappa shape index (κ2) is 10.1. The molecule has 0 aromatic heterocycles. The number of nitrogens with one attached hydrogen (secondary N) is 1. The summed E-state index contributed by atoms with van der Waals surface area (Å²) >= 11 is 6.05. The van der Waals surface area contributed by atoms with Crippen molar-refractivity contribution in [3.8, 4) is 11.5 Å². The summed E-state index contributed by atoms with van der Waals surface area (Å²) in [6, 6.07) is 23.0. The number of para-hydroxylation sites is 1. The van der Waals surface area contributed by atoms with Gasteiger partial charge in [-0.25, -0.2) is 0 Å². The molecule has 0 fully saturated rings. The molecule has 3 aromatic rings. The number of aliphatic hydroxyl groups excluding tert-OH is 1. The smallest absolute Gasteiger partial charge is 0.166 e. The zero-order valence-electron chi connectivity index (χ0n) is 15.8. The van der Waals surface area contributed by atoms with E-state index in [-0.39, 0.29) is 0 Å². The zero-order chi connectivity index (χ0) is 19.8. The van der Waals surface area contributed by atoms with Crippen LogP contribution in [0, 0.1) is 0 Å². The van der Waals surface area contributed by atoms with Crippen LogP contribution in [0.5, 0.6) is 11.5 Å². The fourth-order valence-corrected chi connectivity index (χ4v) is 3.16. The second-order valence-electron chi connectivity index (χ2n) is 6.42. The Kier molecular flexibility index (Phi) is 7.31. The Balaban J connectivity index is 1.65. The SMILES string of the molecule is COc1cccc(CNC[C@H](O)c2ccccc2)c1OCc1cccc(Cl)c1. The lowest BCUT2D eigenvalue weighted by Crippen LogP contribution is -2.21. The summed E-state index contributed by atoms with van der Waals surface area (Å²) in [7, 11) is 1.62. The topological polar surface area (TPSA) is 50.7 Å². The van der Waals surface area contributed by atoms with Gasteiger partial charge in [0.2, 0.25) is 0 Å². The molecular weight excluding hydrogens is 374 g/mol. The number of ether oxygens (including phenoxy) is 2. The third-order valence-corrected chi connectivity index (χ3v) is 4.63. The molecule has 1 atom stereocenters. The molecular formula is C23H24ClNO3. The van der Waals surface area contributed by atoms with Crippen LogP contribution in [0.2, 0.25) is 5.02 Å². The summed E-state index contributed by atoms with van der Waals surface area (Å²) in [5.41, 5.74) is 2.83. The molecule has 3 rings (SSSR count). The minimum absolute atomic E-state index is 0.389. The molecule has 0 spiro atoms. The zero-order valence-corrected chi connectivity index (χ0v) is 16.5.